The molecule has 0 aromatic heterocycles. The number of hydrogen-bond acceptors (Lipinski definition) is 2. The van der Waals surface area contributed by atoms with Crippen molar-refractivity contribution >= 4 is 17.6 Å². The molecule has 158 valence electrons. The number of nitrogens with zero attached hydrogens (tertiary/aromatic N) is 2. The number of carbonyl (C=O) groups is 1. The van der Waals surface area contributed by atoms with Crippen LogP contribution in [0.3, 0.4) is 0 Å². The van der Waals surface area contributed by atoms with Gasteiger partial charge in [-0.25, -0.2) is 4.99 Å². The second-order valence-corrected chi connectivity index (χ2v) is 8.29. The van der Waals surface area contributed by atoms with E-state index in [0.29, 0.717) is 24.4 Å². The summed E-state index contributed by atoms with van der Waals surface area (Å²) in [6.07, 6.45) is -2.23. The smallest absolute Gasteiger partial charge is 0.387 e. The molecule has 1 aliphatic heterocycles. The number of nitrogens with two attached hydrogens (primary N) is 1. The quantitative estimate of drug-likeness (QED) is 0.586. The first-order valence-corrected chi connectivity index (χ1v) is 9.90. The number of piperidine rings is 1. The third-order valence-electron chi connectivity index (χ3n) is 6.37. The molecular formula is C21H27F3N4O. The number of amidine groups is 2. The lowest BCUT2D eigenvalue weighted by Crippen LogP contribution is -2.50. The lowest BCUT2D eigenvalue weighted by Gasteiger charge is -2.41. The number of nitrogens with one attached hydrogen (secondary N) is 1. The molecule has 29 heavy (non-hydrogen) atoms. The summed E-state index contributed by atoms with van der Waals surface area (Å²) < 4.78 is 38.7. The predicted octanol–water partition coefficient (Wildman–Crippen LogP) is 3.83. The molecule has 3 rings (SSSR count). The minimum atomic E-state index is -4.52. The maximum absolute atomic E-state index is 12.9. The number of alkyl halides is 3. The van der Waals surface area contributed by atoms with Gasteiger partial charge in [0, 0.05) is 24.1 Å². The Bertz CT molecular complexity index is 802. The highest BCUT2D eigenvalue weighted by molar-refractivity contribution is 6.06. The SMILES string of the molecule is CC1CN(C(=O)[C@H](C)C(F)(F)F)CCC1C1(C(N)=NC(=N)c2ccccc2)CC1. The van der Waals surface area contributed by atoms with Gasteiger partial charge in [0.25, 0.3) is 0 Å². The summed E-state index contributed by atoms with van der Waals surface area (Å²) in [5, 5.41) is 8.20. The number of benzene rings is 1. The summed E-state index contributed by atoms with van der Waals surface area (Å²) in [5.41, 5.74) is 6.69. The van der Waals surface area contributed by atoms with Crippen LogP contribution >= 0.6 is 0 Å². The van der Waals surface area contributed by atoms with E-state index in [0.717, 1.165) is 19.8 Å². The van der Waals surface area contributed by atoms with Crippen LogP contribution in [0.1, 0.15) is 38.7 Å². The Hall–Kier alpha value is -2.38. The van der Waals surface area contributed by atoms with E-state index in [2.05, 4.69) is 4.99 Å². The van der Waals surface area contributed by atoms with Gasteiger partial charge in [-0.1, -0.05) is 37.3 Å². The van der Waals surface area contributed by atoms with E-state index in [-0.39, 0.29) is 29.6 Å². The third kappa shape index (κ3) is 4.31. The number of rotatable bonds is 4. The highest BCUT2D eigenvalue weighted by Crippen LogP contribution is 2.57. The summed E-state index contributed by atoms with van der Waals surface area (Å²) in [6, 6.07) is 9.13. The van der Waals surface area contributed by atoms with E-state index in [4.69, 9.17) is 11.1 Å². The lowest BCUT2D eigenvalue weighted by molar-refractivity contribution is -0.187. The molecule has 1 saturated carbocycles. The highest BCUT2D eigenvalue weighted by Gasteiger charge is 2.56. The van der Waals surface area contributed by atoms with E-state index >= 15 is 0 Å². The van der Waals surface area contributed by atoms with Gasteiger partial charge in [0.15, 0.2) is 5.84 Å². The molecular weight excluding hydrogens is 381 g/mol. The topological polar surface area (TPSA) is 82.5 Å². The van der Waals surface area contributed by atoms with E-state index < -0.39 is 18.0 Å². The van der Waals surface area contributed by atoms with Crippen LogP contribution in [0.2, 0.25) is 0 Å². The Morgan fingerprint density at radius 1 is 1.31 bits per heavy atom. The average Bonchev–Trinajstić information content (AvgIpc) is 3.48. The molecule has 2 unspecified atom stereocenters. The summed E-state index contributed by atoms with van der Waals surface area (Å²) in [7, 11) is 0. The molecule has 1 aliphatic carbocycles. The van der Waals surface area contributed by atoms with Crippen LogP contribution in [-0.2, 0) is 4.79 Å². The number of amides is 1. The van der Waals surface area contributed by atoms with Crippen molar-refractivity contribution in [2.75, 3.05) is 13.1 Å². The monoisotopic (exact) mass is 408 g/mol. The number of likely N-dealkylation sites (tertiary alicyclic amines) is 1. The van der Waals surface area contributed by atoms with Crippen LogP contribution in [0.15, 0.2) is 35.3 Å². The molecule has 3 N–H and O–H groups in total. The van der Waals surface area contributed by atoms with Crippen molar-refractivity contribution in [3.8, 4) is 0 Å². The van der Waals surface area contributed by atoms with E-state index in [1.54, 1.807) is 12.1 Å². The van der Waals surface area contributed by atoms with Gasteiger partial charge in [-0.05, 0) is 38.0 Å². The molecule has 1 saturated heterocycles. The largest absolute Gasteiger partial charge is 0.400 e. The van der Waals surface area contributed by atoms with Crippen molar-refractivity contribution in [1.82, 2.24) is 4.90 Å². The zero-order chi connectivity index (χ0) is 21.4. The fourth-order valence-corrected chi connectivity index (χ4v) is 4.42. The molecule has 2 fully saturated rings. The zero-order valence-corrected chi connectivity index (χ0v) is 16.7. The Morgan fingerprint density at radius 3 is 2.45 bits per heavy atom. The Balaban J connectivity index is 1.69. The highest BCUT2D eigenvalue weighted by atomic mass is 19.4. The second kappa shape index (κ2) is 7.80. The van der Waals surface area contributed by atoms with Gasteiger partial charge in [-0.15, -0.1) is 0 Å². The number of hydrogen-bond donors (Lipinski definition) is 2. The normalized spacial score (nSPS) is 25.4. The average molecular weight is 408 g/mol. The van der Waals surface area contributed by atoms with Crippen LogP contribution in [0.25, 0.3) is 0 Å². The molecule has 1 heterocycles. The van der Waals surface area contributed by atoms with Gasteiger partial charge in [0.1, 0.15) is 11.8 Å². The first kappa shape index (κ1) is 21.3. The van der Waals surface area contributed by atoms with Gasteiger partial charge in [-0.3, -0.25) is 10.2 Å². The third-order valence-corrected chi connectivity index (χ3v) is 6.37. The maximum Gasteiger partial charge on any atom is 0.400 e. The van der Waals surface area contributed by atoms with Crippen LogP contribution in [0.4, 0.5) is 13.2 Å². The molecule has 0 bridgehead atoms. The second-order valence-electron chi connectivity index (χ2n) is 8.29. The van der Waals surface area contributed by atoms with Crippen molar-refractivity contribution < 1.29 is 18.0 Å². The Kier molecular flexibility index (Phi) is 5.74. The van der Waals surface area contributed by atoms with Crippen LogP contribution < -0.4 is 5.73 Å². The van der Waals surface area contributed by atoms with Crippen LogP contribution in [0.5, 0.6) is 0 Å². The summed E-state index contributed by atoms with van der Waals surface area (Å²) in [5.74, 6) is -2.17. The van der Waals surface area contributed by atoms with Crippen molar-refractivity contribution in [3.63, 3.8) is 0 Å². The molecule has 1 aromatic carbocycles. The molecule has 3 atom stereocenters. The van der Waals surface area contributed by atoms with Gasteiger partial charge in [0.2, 0.25) is 5.91 Å². The van der Waals surface area contributed by atoms with E-state index in [9.17, 15) is 18.0 Å². The molecule has 0 spiro atoms. The first-order chi connectivity index (χ1) is 13.6. The summed E-state index contributed by atoms with van der Waals surface area (Å²) in [4.78, 5) is 17.9. The van der Waals surface area contributed by atoms with E-state index in [1.807, 2.05) is 25.1 Å². The minimum Gasteiger partial charge on any atom is -0.387 e. The zero-order valence-electron chi connectivity index (χ0n) is 16.7. The summed E-state index contributed by atoms with van der Waals surface area (Å²) >= 11 is 0. The molecule has 2 aliphatic rings. The van der Waals surface area contributed by atoms with Crippen molar-refractivity contribution in [1.29, 1.82) is 5.41 Å². The Labute approximate surface area is 168 Å². The maximum atomic E-state index is 12.9. The van der Waals surface area contributed by atoms with Gasteiger partial charge < -0.3 is 10.6 Å². The summed E-state index contributed by atoms with van der Waals surface area (Å²) in [6.45, 7) is 3.45. The van der Waals surface area contributed by atoms with Crippen molar-refractivity contribution in [2.45, 2.75) is 39.3 Å². The molecule has 1 aromatic rings. The van der Waals surface area contributed by atoms with E-state index in [1.165, 1.54) is 4.90 Å². The van der Waals surface area contributed by atoms with Gasteiger partial charge in [0.05, 0.1) is 0 Å². The van der Waals surface area contributed by atoms with Crippen LogP contribution in [0, 0.1) is 28.6 Å². The van der Waals surface area contributed by atoms with Gasteiger partial charge >= 0.3 is 6.18 Å². The van der Waals surface area contributed by atoms with Crippen molar-refractivity contribution in [3.05, 3.63) is 35.9 Å². The molecule has 1 amide bonds. The number of aliphatic imine (C=N–C) groups is 1. The Morgan fingerprint density at radius 2 is 1.93 bits per heavy atom. The van der Waals surface area contributed by atoms with Crippen LogP contribution in [-0.4, -0.2) is 41.7 Å². The van der Waals surface area contributed by atoms with Gasteiger partial charge in [-0.2, -0.15) is 13.2 Å². The number of carbonyl (C=O) groups excluding carboxylic acids is 1. The standard InChI is InChI=1S/C21H27F3N4O/c1-13-12-28(18(29)14(2)21(22,23)24)11-8-16(13)20(9-10-20)19(26)27-17(25)15-6-4-3-5-7-15/h3-7,13-14,16H,8-12H2,1-2H3,(H3,25,26,27)/t13?,14-,16?/m0/s1. The lowest BCUT2D eigenvalue weighted by atomic mass is 9.74. The molecule has 5 nitrogen and oxygen atoms in total. The predicted molar refractivity (Wildman–Crippen MR) is 106 cm³/mol. The molecule has 8 heteroatoms. The first-order valence-electron chi connectivity index (χ1n) is 9.90. The fraction of sp³-hybridized carbons (Fsp3) is 0.571. The van der Waals surface area contributed by atoms with Crippen molar-refractivity contribution in [2.24, 2.45) is 33.9 Å². The molecule has 0 radical (unpaired) electrons. The number of halogens is 3. The fourth-order valence-electron chi connectivity index (χ4n) is 4.42. The minimum absolute atomic E-state index is 0.00953.